The second-order valence-corrected chi connectivity index (χ2v) is 5.32. The van der Waals surface area contributed by atoms with Crippen molar-refractivity contribution in [1.29, 1.82) is 0 Å². The summed E-state index contributed by atoms with van der Waals surface area (Å²) in [6.07, 6.45) is -0.00678. The number of nitrogens with zero attached hydrogens (tertiary/aromatic N) is 3. The van der Waals surface area contributed by atoms with E-state index >= 15 is 0 Å². The first-order valence-electron chi connectivity index (χ1n) is 7.09. The Morgan fingerprint density at radius 1 is 1.30 bits per heavy atom. The highest BCUT2D eigenvalue weighted by atomic mass is 16.2. The highest BCUT2D eigenvalue weighted by molar-refractivity contribution is 6.01. The fourth-order valence-corrected chi connectivity index (χ4v) is 2.39. The minimum atomic E-state index is -0.757. The molecule has 1 aromatic heterocycles. The van der Waals surface area contributed by atoms with Gasteiger partial charge in [-0.1, -0.05) is 0 Å². The molecular formula is C15H15N5O3. The van der Waals surface area contributed by atoms with Crippen molar-refractivity contribution in [2.75, 3.05) is 10.6 Å². The topological polar surface area (TPSA) is 106 Å². The zero-order valence-electron chi connectivity index (χ0n) is 12.7. The molecule has 2 aromatic rings. The molecule has 1 unspecified atom stereocenters. The van der Waals surface area contributed by atoms with Crippen molar-refractivity contribution in [1.82, 2.24) is 14.8 Å². The Balaban J connectivity index is 1.80. The number of fused-ring (bicyclic) bond motifs is 1. The number of amides is 2. The fraction of sp³-hybridized carbons (Fsp3) is 0.267. The minimum Gasteiger partial charge on any atom is -0.324 e. The second kappa shape index (κ2) is 5.64. The largest absolute Gasteiger partial charge is 0.324 e. The molecule has 0 radical (unpaired) electrons. The van der Waals surface area contributed by atoms with Crippen molar-refractivity contribution in [3.8, 4) is 0 Å². The molecule has 1 aliphatic heterocycles. The molecule has 0 bridgehead atoms. The maximum atomic E-state index is 12.5. The van der Waals surface area contributed by atoms with E-state index in [0.29, 0.717) is 17.1 Å². The Kier molecular flexibility index (Phi) is 3.65. The first-order chi connectivity index (χ1) is 10.9. The summed E-state index contributed by atoms with van der Waals surface area (Å²) in [6, 6.07) is 5.80. The average Bonchev–Trinajstić information content (AvgIpc) is 2.86. The first-order valence-corrected chi connectivity index (χ1v) is 7.09. The van der Waals surface area contributed by atoms with E-state index in [-0.39, 0.29) is 30.0 Å². The fourth-order valence-electron chi connectivity index (χ4n) is 2.39. The van der Waals surface area contributed by atoms with Gasteiger partial charge in [0.15, 0.2) is 5.78 Å². The van der Waals surface area contributed by atoms with Gasteiger partial charge in [-0.2, -0.15) is 10.1 Å². The number of carbonyl (C=O) groups is 3. The number of rotatable bonds is 3. The number of aromatic nitrogens is 3. The lowest BCUT2D eigenvalue weighted by atomic mass is 10.1. The molecule has 0 spiro atoms. The van der Waals surface area contributed by atoms with Crippen molar-refractivity contribution >= 4 is 29.2 Å². The van der Waals surface area contributed by atoms with Crippen LogP contribution in [0.3, 0.4) is 0 Å². The van der Waals surface area contributed by atoms with Crippen LogP contribution in [0.25, 0.3) is 0 Å². The number of hydrogen-bond donors (Lipinski definition) is 2. The van der Waals surface area contributed by atoms with E-state index in [0.717, 1.165) is 0 Å². The third-order valence-electron chi connectivity index (χ3n) is 3.52. The number of anilines is 2. The molecule has 0 aliphatic carbocycles. The van der Waals surface area contributed by atoms with Crippen molar-refractivity contribution < 1.29 is 14.4 Å². The minimum absolute atomic E-state index is 0.00678. The molecular weight excluding hydrogens is 298 g/mol. The number of Topliss-reactive ketones (excluding diaryl/α,β-unsaturated/α-hetero) is 1. The summed E-state index contributed by atoms with van der Waals surface area (Å²) in [5.41, 5.74) is 1.11. The SMILES string of the molecule is CC(=O)c1ccc(NC(=O)C2CC(=O)Nc3nc(C)nn32)cc1. The van der Waals surface area contributed by atoms with Crippen molar-refractivity contribution in [2.24, 2.45) is 0 Å². The van der Waals surface area contributed by atoms with Gasteiger partial charge in [0.25, 0.3) is 0 Å². The summed E-state index contributed by atoms with van der Waals surface area (Å²) in [6.45, 7) is 3.16. The van der Waals surface area contributed by atoms with Gasteiger partial charge >= 0.3 is 0 Å². The first kappa shape index (κ1) is 14.9. The monoisotopic (exact) mass is 313 g/mol. The highest BCUT2D eigenvalue weighted by Gasteiger charge is 2.32. The molecule has 1 atom stereocenters. The van der Waals surface area contributed by atoms with Gasteiger partial charge in [-0.15, -0.1) is 0 Å². The Labute approximate surface area is 131 Å². The molecule has 0 fully saturated rings. The number of aryl methyl sites for hydroxylation is 1. The molecule has 0 saturated carbocycles. The maximum absolute atomic E-state index is 12.5. The summed E-state index contributed by atoms with van der Waals surface area (Å²) in [7, 11) is 0. The molecule has 8 nitrogen and oxygen atoms in total. The molecule has 23 heavy (non-hydrogen) atoms. The number of nitrogens with one attached hydrogen (secondary N) is 2. The van der Waals surface area contributed by atoms with E-state index in [9.17, 15) is 14.4 Å². The zero-order chi connectivity index (χ0) is 16.6. The quantitative estimate of drug-likeness (QED) is 0.831. The summed E-state index contributed by atoms with van der Waals surface area (Å²) in [5, 5.41) is 9.46. The molecule has 118 valence electrons. The van der Waals surface area contributed by atoms with Gasteiger partial charge in [0, 0.05) is 11.3 Å². The Hall–Kier alpha value is -3.03. The molecule has 1 aliphatic rings. The maximum Gasteiger partial charge on any atom is 0.249 e. The lowest BCUT2D eigenvalue weighted by Crippen LogP contribution is -2.36. The van der Waals surface area contributed by atoms with Gasteiger partial charge in [0.2, 0.25) is 17.8 Å². The van der Waals surface area contributed by atoms with Crippen LogP contribution in [0.1, 0.15) is 35.6 Å². The summed E-state index contributed by atoms with van der Waals surface area (Å²) >= 11 is 0. The second-order valence-electron chi connectivity index (χ2n) is 5.32. The Bertz CT molecular complexity index is 794. The van der Waals surface area contributed by atoms with Crippen LogP contribution in [-0.4, -0.2) is 32.4 Å². The molecule has 1 aromatic carbocycles. The molecule has 2 amide bonds. The third kappa shape index (κ3) is 2.96. The van der Waals surface area contributed by atoms with Crippen molar-refractivity contribution in [3.05, 3.63) is 35.7 Å². The number of benzene rings is 1. The van der Waals surface area contributed by atoms with Crippen LogP contribution in [0.5, 0.6) is 0 Å². The van der Waals surface area contributed by atoms with Gasteiger partial charge in [0.05, 0.1) is 6.42 Å². The predicted molar refractivity (Wildman–Crippen MR) is 82.1 cm³/mol. The normalized spacial score (nSPS) is 16.4. The van der Waals surface area contributed by atoms with Crippen LogP contribution in [0.15, 0.2) is 24.3 Å². The third-order valence-corrected chi connectivity index (χ3v) is 3.52. The number of hydrogen-bond acceptors (Lipinski definition) is 5. The molecule has 0 saturated heterocycles. The van der Waals surface area contributed by atoms with E-state index in [1.807, 2.05) is 0 Å². The van der Waals surface area contributed by atoms with E-state index in [1.54, 1.807) is 31.2 Å². The highest BCUT2D eigenvalue weighted by Crippen LogP contribution is 2.24. The smallest absolute Gasteiger partial charge is 0.249 e. The summed E-state index contributed by atoms with van der Waals surface area (Å²) < 4.78 is 1.41. The van der Waals surface area contributed by atoms with Gasteiger partial charge in [-0.05, 0) is 38.1 Å². The zero-order valence-corrected chi connectivity index (χ0v) is 12.7. The molecule has 3 rings (SSSR count). The average molecular weight is 313 g/mol. The van der Waals surface area contributed by atoms with Crippen LogP contribution in [0, 0.1) is 6.92 Å². The van der Waals surface area contributed by atoms with Gasteiger partial charge in [0.1, 0.15) is 11.9 Å². The molecule has 2 heterocycles. The van der Waals surface area contributed by atoms with Gasteiger partial charge < -0.3 is 5.32 Å². The van der Waals surface area contributed by atoms with Crippen LogP contribution in [0.4, 0.5) is 11.6 Å². The standard InChI is InChI=1S/C15H15N5O3/c1-8(21)10-3-5-11(6-4-10)17-14(23)12-7-13(22)18-15-16-9(2)19-20(12)15/h3-6,12H,7H2,1-2H3,(H,17,23)(H,16,18,19,22). The van der Waals surface area contributed by atoms with E-state index in [2.05, 4.69) is 20.7 Å². The Morgan fingerprint density at radius 2 is 2.00 bits per heavy atom. The molecule has 8 heteroatoms. The number of ketones is 1. The van der Waals surface area contributed by atoms with Crippen molar-refractivity contribution in [3.63, 3.8) is 0 Å². The summed E-state index contributed by atoms with van der Waals surface area (Å²) in [4.78, 5) is 39.5. The van der Waals surface area contributed by atoms with Crippen LogP contribution < -0.4 is 10.6 Å². The van der Waals surface area contributed by atoms with Crippen molar-refractivity contribution in [2.45, 2.75) is 26.3 Å². The van der Waals surface area contributed by atoms with Crippen LogP contribution >= 0.6 is 0 Å². The molecule has 2 N–H and O–H groups in total. The predicted octanol–water partition coefficient (Wildman–Crippen LogP) is 1.31. The van der Waals surface area contributed by atoms with Crippen LogP contribution in [0.2, 0.25) is 0 Å². The summed E-state index contributed by atoms with van der Waals surface area (Å²) in [5.74, 6) is 0.0600. The Morgan fingerprint density at radius 3 is 2.65 bits per heavy atom. The van der Waals surface area contributed by atoms with Crippen LogP contribution in [-0.2, 0) is 9.59 Å². The van der Waals surface area contributed by atoms with Gasteiger partial charge in [-0.3, -0.25) is 19.7 Å². The number of carbonyl (C=O) groups excluding carboxylic acids is 3. The van der Waals surface area contributed by atoms with E-state index < -0.39 is 6.04 Å². The lowest BCUT2D eigenvalue weighted by molar-refractivity contribution is -0.125. The van der Waals surface area contributed by atoms with Gasteiger partial charge in [-0.25, -0.2) is 4.68 Å². The van der Waals surface area contributed by atoms with E-state index in [1.165, 1.54) is 11.6 Å². The van der Waals surface area contributed by atoms with E-state index in [4.69, 9.17) is 0 Å². The lowest BCUT2D eigenvalue weighted by Gasteiger charge is -2.22.